The van der Waals surface area contributed by atoms with Crippen LogP contribution in [0.25, 0.3) is 0 Å². The van der Waals surface area contributed by atoms with Crippen LogP contribution in [0.2, 0.25) is 0 Å². The van der Waals surface area contributed by atoms with Gasteiger partial charge in [-0.1, -0.05) is 0 Å². The van der Waals surface area contributed by atoms with Gasteiger partial charge in [0.15, 0.2) is 0 Å². The SMILES string of the molecule is CNCc1occc1Cn1cc(C(F)(F)F)cn1. The number of rotatable bonds is 4. The van der Waals surface area contributed by atoms with E-state index in [0.717, 1.165) is 18.0 Å². The number of nitrogens with one attached hydrogen (secondary N) is 1. The molecule has 0 aromatic carbocycles. The molecule has 0 unspecified atom stereocenters. The van der Waals surface area contributed by atoms with Crippen LogP contribution in [0, 0.1) is 0 Å². The molecule has 0 aliphatic carbocycles. The summed E-state index contributed by atoms with van der Waals surface area (Å²) in [6.07, 6.45) is -1.05. The third-order valence-electron chi connectivity index (χ3n) is 2.47. The van der Waals surface area contributed by atoms with Crippen molar-refractivity contribution in [1.82, 2.24) is 15.1 Å². The molecule has 1 N–H and O–H groups in total. The molecular weight excluding hydrogens is 247 g/mol. The molecule has 0 amide bonds. The van der Waals surface area contributed by atoms with Gasteiger partial charge in [-0.25, -0.2) is 0 Å². The highest BCUT2D eigenvalue weighted by Gasteiger charge is 2.32. The van der Waals surface area contributed by atoms with E-state index in [1.54, 1.807) is 13.1 Å². The zero-order chi connectivity index (χ0) is 13.2. The Morgan fingerprint density at radius 3 is 2.83 bits per heavy atom. The predicted molar refractivity (Wildman–Crippen MR) is 57.8 cm³/mol. The van der Waals surface area contributed by atoms with Gasteiger partial charge in [-0.15, -0.1) is 0 Å². The molecule has 18 heavy (non-hydrogen) atoms. The van der Waals surface area contributed by atoms with E-state index in [2.05, 4.69) is 10.4 Å². The van der Waals surface area contributed by atoms with Gasteiger partial charge in [0.25, 0.3) is 0 Å². The minimum atomic E-state index is -4.36. The lowest BCUT2D eigenvalue weighted by atomic mass is 10.2. The molecule has 2 rings (SSSR count). The van der Waals surface area contributed by atoms with Crippen molar-refractivity contribution in [3.05, 3.63) is 41.6 Å². The molecule has 0 saturated heterocycles. The fourth-order valence-corrected chi connectivity index (χ4v) is 1.59. The number of hydrogen-bond acceptors (Lipinski definition) is 3. The van der Waals surface area contributed by atoms with Crippen molar-refractivity contribution in [2.75, 3.05) is 7.05 Å². The van der Waals surface area contributed by atoms with Crippen LogP contribution in [0.4, 0.5) is 13.2 Å². The summed E-state index contributed by atoms with van der Waals surface area (Å²) in [5, 5.41) is 6.62. The highest BCUT2D eigenvalue weighted by Crippen LogP contribution is 2.28. The molecule has 0 spiro atoms. The summed E-state index contributed by atoms with van der Waals surface area (Å²) >= 11 is 0. The molecule has 98 valence electrons. The fraction of sp³-hybridized carbons (Fsp3) is 0.364. The molecule has 2 aromatic heterocycles. The molecule has 0 radical (unpaired) electrons. The van der Waals surface area contributed by atoms with Crippen molar-refractivity contribution in [1.29, 1.82) is 0 Å². The van der Waals surface area contributed by atoms with Crippen LogP contribution in [0.15, 0.2) is 29.1 Å². The summed E-state index contributed by atoms with van der Waals surface area (Å²) in [6.45, 7) is 0.777. The lowest BCUT2D eigenvalue weighted by molar-refractivity contribution is -0.137. The topological polar surface area (TPSA) is 43.0 Å². The lowest BCUT2D eigenvalue weighted by Gasteiger charge is -2.03. The summed E-state index contributed by atoms with van der Waals surface area (Å²) < 4.78 is 43.7. The predicted octanol–water partition coefficient (Wildman–Crippen LogP) is 2.26. The monoisotopic (exact) mass is 259 g/mol. The number of nitrogens with zero attached hydrogens (tertiary/aromatic N) is 2. The summed E-state index contributed by atoms with van der Waals surface area (Å²) in [7, 11) is 1.77. The molecule has 0 atom stereocenters. The first-order valence-electron chi connectivity index (χ1n) is 5.30. The van der Waals surface area contributed by atoms with Gasteiger partial charge in [0.2, 0.25) is 0 Å². The van der Waals surface area contributed by atoms with Gasteiger partial charge in [-0.3, -0.25) is 4.68 Å². The van der Waals surface area contributed by atoms with Gasteiger partial charge in [-0.05, 0) is 13.1 Å². The van der Waals surface area contributed by atoms with Gasteiger partial charge in [0.05, 0.1) is 31.1 Å². The van der Waals surface area contributed by atoms with Gasteiger partial charge < -0.3 is 9.73 Å². The van der Waals surface area contributed by atoms with Crippen LogP contribution in [-0.4, -0.2) is 16.8 Å². The average Bonchev–Trinajstić information content (AvgIpc) is 2.89. The summed E-state index contributed by atoms with van der Waals surface area (Å²) in [5.74, 6) is 0.696. The first kappa shape index (κ1) is 12.7. The van der Waals surface area contributed by atoms with Gasteiger partial charge >= 0.3 is 6.18 Å². The Labute approximate surface area is 101 Å². The van der Waals surface area contributed by atoms with Crippen LogP contribution < -0.4 is 5.32 Å². The number of aromatic nitrogens is 2. The van der Waals surface area contributed by atoms with Crippen molar-refractivity contribution in [2.24, 2.45) is 0 Å². The fourth-order valence-electron chi connectivity index (χ4n) is 1.59. The Balaban J connectivity index is 2.14. The standard InChI is InChI=1S/C11H12F3N3O/c1-15-5-10-8(2-3-18-10)6-17-7-9(4-16-17)11(12,13)14/h2-4,7,15H,5-6H2,1H3. The highest BCUT2D eigenvalue weighted by molar-refractivity contribution is 5.18. The molecule has 0 aliphatic heterocycles. The maximum Gasteiger partial charge on any atom is 0.419 e. The van der Waals surface area contributed by atoms with Gasteiger partial charge in [0, 0.05) is 11.8 Å². The van der Waals surface area contributed by atoms with Crippen molar-refractivity contribution in [3.8, 4) is 0 Å². The molecule has 0 saturated carbocycles. The second-order valence-electron chi connectivity index (χ2n) is 3.82. The van der Waals surface area contributed by atoms with Crippen LogP contribution in [0.3, 0.4) is 0 Å². The number of alkyl halides is 3. The first-order chi connectivity index (χ1) is 8.50. The zero-order valence-corrected chi connectivity index (χ0v) is 9.66. The van der Waals surface area contributed by atoms with Crippen LogP contribution >= 0.6 is 0 Å². The highest BCUT2D eigenvalue weighted by atomic mass is 19.4. The normalized spacial score (nSPS) is 12.0. The first-order valence-corrected chi connectivity index (χ1v) is 5.30. The Bertz CT molecular complexity index is 516. The summed E-state index contributed by atoms with van der Waals surface area (Å²) in [5.41, 5.74) is 0.0577. The van der Waals surface area contributed by atoms with E-state index in [9.17, 15) is 13.2 Å². The molecule has 0 bridgehead atoms. The molecule has 7 heteroatoms. The number of halogens is 3. The number of hydrogen-bond donors (Lipinski definition) is 1. The Morgan fingerprint density at radius 2 is 2.22 bits per heavy atom. The summed E-state index contributed by atoms with van der Waals surface area (Å²) in [4.78, 5) is 0. The second-order valence-corrected chi connectivity index (χ2v) is 3.82. The maximum absolute atomic E-state index is 12.4. The van der Waals surface area contributed by atoms with E-state index in [1.807, 2.05) is 0 Å². The quantitative estimate of drug-likeness (QED) is 0.915. The van der Waals surface area contributed by atoms with E-state index >= 15 is 0 Å². The third kappa shape index (κ3) is 2.73. The molecular formula is C11H12F3N3O. The molecule has 2 heterocycles. The van der Waals surface area contributed by atoms with Crippen molar-refractivity contribution < 1.29 is 17.6 Å². The van der Waals surface area contributed by atoms with Crippen molar-refractivity contribution in [2.45, 2.75) is 19.3 Å². The van der Waals surface area contributed by atoms with E-state index in [1.165, 1.54) is 10.9 Å². The van der Waals surface area contributed by atoms with Gasteiger partial charge in [-0.2, -0.15) is 18.3 Å². The summed E-state index contributed by atoms with van der Waals surface area (Å²) in [6, 6.07) is 1.72. The van der Waals surface area contributed by atoms with E-state index in [4.69, 9.17) is 4.42 Å². The van der Waals surface area contributed by atoms with Gasteiger partial charge in [0.1, 0.15) is 5.76 Å². The maximum atomic E-state index is 12.4. The van der Waals surface area contributed by atoms with Crippen LogP contribution in [0.5, 0.6) is 0 Å². The molecule has 0 fully saturated rings. The van der Waals surface area contributed by atoms with E-state index in [0.29, 0.717) is 12.3 Å². The minimum absolute atomic E-state index is 0.254. The smallest absolute Gasteiger partial charge is 0.419 e. The number of furan rings is 1. The molecule has 4 nitrogen and oxygen atoms in total. The average molecular weight is 259 g/mol. The van der Waals surface area contributed by atoms with E-state index < -0.39 is 11.7 Å². The van der Waals surface area contributed by atoms with Crippen molar-refractivity contribution in [3.63, 3.8) is 0 Å². The molecule has 2 aromatic rings. The largest absolute Gasteiger partial charge is 0.468 e. The van der Waals surface area contributed by atoms with Crippen molar-refractivity contribution >= 4 is 0 Å². The Kier molecular flexibility index (Phi) is 3.42. The molecule has 0 aliphatic rings. The second kappa shape index (κ2) is 4.85. The third-order valence-corrected chi connectivity index (χ3v) is 2.47. The van der Waals surface area contributed by atoms with E-state index in [-0.39, 0.29) is 6.54 Å². The zero-order valence-electron chi connectivity index (χ0n) is 9.66. The van der Waals surface area contributed by atoms with Crippen LogP contribution in [0.1, 0.15) is 16.9 Å². The Morgan fingerprint density at radius 1 is 1.44 bits per heavy atom. The minimum Gasteiger partial charge on any atom is -0.468 e. The van der Waals surface area contributed by atoms with Crippen LogP contribution in [-0.2, 0) is 19.3 Å². The Hall–Kier alpha value is -1.76. The lowest BCUT2D eigenvalue weighted by Crippen LogP contribution is -2.08.